The van der Waals surface area contributed by atoms with E-state index in [-0.39, 0.29) is 75.5 Å². The topological polar surface area (TPSA) is 69.6 Å². The largest absolute Gasteiger partial charge is 1.00 e. The molecule has 0 heterocycles. The fourth-order valence-corrected chi connectivity index (χ4v) is 1.42. The zero-order valence-corrected chi connectivity index (χ0v) is 16.2. The summed E-state index contributed by atoms with van der Waals surface area (Å²) in [6.07, 6.45) is 6.36. The molecular weight excluding hydrogens is 324 g/mol. The van der Waals surface area contributed by atoms with Crippen molar-refractivity contribution in [1.29, 1.82) is 0 Å². The van der Waals surface area contributed by atoms with Gasteiger partial charge in [0.15, 0.2) is 0 Å². The van der Waals surface area contributed by atoms with E-state index in [1.54, 1.807) is 0 Å². The van der Waals surface area contributed by atoms with Crippen LogP contribution in [0.1, 0.15) is 45.4 Å². The van der Waals surface area contributed by atoms with Gasteiger partial charge in [0.2, 0.25) is 0 Å². The molecule has 0 spiro atoms. The van der Waals surface area contributed by atoms with Crippen molar-refractivity contribution in [3.8, 4) is 0 Å². The number of unbranched alkanes of at least 4 members (excludes halogenated alkanes) is 5. The van der Waals surface area contributed by atoms with Crippen LogP contribution in [-0.2, 0) is 9.09 Å². The fraction of sp³-hybridized carbons (Fsp3) is 1.00. The second kappa shape index (κ2) is 11.6. The molecule has 0 aliphatic carbocycles. The average molecular weight is 342 g/mol. The molecule has 1 N–H and O–H groups in total. The van der Waals surface area contributed by atoms with Crippen molar-refractivity contribution in [2.45, 2.75) is 45.4 Å². The van der Waals surface area contributed by atoms with Crippen LogP contribution in [0.5, 0.6) is 0 Å². The maximum atomic E-state index is 10.1. The molecule has 0 aromatic rings. The van der Waals surface area contributed by atoms with Crippen molar-refractivity contribution in [2.75, 3.05) is 6.61 Å². The molecule has 1 atom stereocenters. The van der Waals surface area contributed by atoms with E-state index in [0.29, 0.717) is 6.42 Å². The van der Waals surface area contributed by atoms with Crippen LogP contribution in [0.3, 0.4) is 0 Å². The number of phosphoric acid groups is 1. The maximum Gasteiger partial charge on any atom is 1.00 e. The van der Waals surface area contributed by atoms with Gasteiger partial charge >= 0.3 is 68.9 Å². The van der Waals surface area contributed by atoms with Gasteiger partial charge in [0, 0.05) is 0 Å². The van der Waals surface area contributed by atoms with E-state index in [2.05, 4.69) is 11.4 Å². The minimum absolute atomic E-state index is 0. The van der Waals surface area contributed by atoms with Gasteiger partial charge in [-0.25, -0.2) is 0 Å². The maximum absolute atomic E-state index is 10.1. The van der Waals surface area contributed by atoms with Gasteiger partial charge < -0.3 is 14.3 Å². The molecule has 0 amide bonds. The third-order valence-corrected chi connectivity index (χ3v) is 2.26. The van der Waals surface area contributed by atoms with Crippen LogP contribution >= 0.6 is 7.82 Å². The van der Waals surface area contributed by atoms with Gasteiger partial charge in [0.1, 0.15) is 0 Å². The minimum Gasteiger partial charge on any atom is -0.756 e. The van der Waals surface area contributed by atoms with Gasteiger partial charge in [-0.05, 0) is 6.42 Å². The van der Waals surface area contributed by atoms with Crippen molar-refractivity contribution in [1.82, 2.24) is 0 Å². The van der Waals surface area contributed by atoms with Crippen LogP contribution in [0, 0.1) is 0 Å². The van der Waals surface area contributed by atoms with E-state index in [1.807, 2.05) is 0 Å². The summed E-state index contributed by atoms with van der Waals surface area (Å²) in [6.45, 7) is 2.24. The van der Waals surface area contributed by atoms with E-state index < -0.39 is 7.82 Å². The first-order valence-corrected chi connectivity index (χ1v) is 6.24. The Balaban J connectivity index is 0. The summed E-state index contributed by atoms with van der Waals surface area (Å²) >= 11 is 0. The quantitative estimate of drug-likeness (QED) is 0.446. The second-order valence-electron chi connectivity index (χ2n) is 3.07. The molecule has 80 valence electrons. The Morgan fingerprint density at radius 1 is 1.21 bits per heavy atom. The van der Waals surface area contributed by atoms with Crippen LogP contribution in [0.2, 0.25) is 0 Å². The predicted molar refractivity (Wildman–Crippen MR) is 49.2 cm³/mol. The Kier molecular flexibility index (Phi) is 15.4. The van der Waals surface area contributed by atoms with Gasteiger partial charge in [0.25, 0.3) is 7.82 Å². The van der Waals surface area contributed by atoms with Crippen LogP contribution in [0.4, 0.5) is 0 Å². The monoisotopic (exact) mass is 342 g/mol. The first-order chi connectivity index (χ1) is 6.06. The molecule has 0 saturated carbocycles. The van der Waals surface area contributed by atoms with Gasteiger partial charge in [-0.3, -0.25) is 4.57 Å². The molecular formula is C8H18CsO4P. The molecule has 0 bridgehead atoms. The Morgan fingerprint density at radius 2 is 1.71 bits per heavy atom. The summed E-state index contributed by atoms with van der Waals surface area (Å²) in [5, 5.41) is 0. The third-order valence-electron chi connectivity index (χ3n) is 1.75. The van der Waals surface area contributed by atoms with Crippen molar-refractivity contribution in [3.63, 3.8) is 0 Å². The summed E-state index contributed by atoms with van der Waals surface area (Å²) in [7, 11) is -4.48. The first-order valence-electron chi connectivity index (χ1n) is 4.74. The first kappa shape index (κ1) is 18.5. The summed E-state index contributed by atoms with van der Waals surface area (Å²) < 4.78 is 14.3. The molecule has 0 aliphatic heterocycles. The Morgan fingerprint density at radius 3 is 2.21 bits per heavy atom. The smallest absolute Gasteiger partial charge is 0.756 e. The van der Waals surface area contributed by atoms with Crippen molar-refractivity contribution >= 4 is 7.82 Å². The van der Waals surface area contributed by atoms with Gasteiger partial charge in [-0.2, -0.15) is 0 Å². The Bertz CT molecular complexity index is 159. The molecule has 0 aliphatic rings. The molecule has 4 nitrogen and oxygen atoms in total. The molecule has 0 aromatic heterocycles. The van der Waals surface area contributed by atoms with Gasteiger partial charge in [0.05, 0.1) is 6.61 Å². The van der Waals surface area contributed by atoms with Gasteiger partial charge in [-0.15, -0.1) is 0 Å². The summed E-state index contributed by atoms with van der Waals surface area (Å²) in [5.74, 6) is 0. The van der Waals surface area contributed by atoms with E-state index in [1.165, 1.54) is 19.3 Å². The van der Waals surface area contributed by atoms with Crippen molar-refractivity contribution in [2.24, 2.45) is 0 Å². The fourth-order valence-electron chi connectivity index (χ4n) is 1.06. The molecule has 0 radical (unpaired) electrons. The van der Waals surface area contributed by atoms with E-state index in [4.69, 9.17) is 4.89 Å². The predicted octanol–water partition coefficient (Wildman–Crippen LogP) is -1.17. The summed E-state index contributed by atoms with van der Waals surface area (Å²) in [5.41, 5.74) is 0. The van der Waals surface area contributed by atoms with E-state index in [0.717, 1.165) is 12.8 Å². The number of hydrogen-bond donors (Lipinski definition) is 1. The standard InChI is InChI=1S/C8H19O4P.Cs/c1-2-3-4-5-6-7-8-12-13(9,10)11;/h2-8H2,1H3,(H2,9,10,11);/q;+1/p-1. The zero-order chi connectivity index (χ0) is 10.2. The molecule has 14 heavy (non-hydrogen) atoms. The number of rotatable bonds is 8. The van der Waals surface area contributed by atoms with Crippen LogP contribution in [-0.4, -0.2) is 11.5 Å². The third kappa shape index (κ3) is 16.6. The van der Waals surface area contributed by atoms with Crippen LogP contribution < -0.4 is 73.8 Å². The van der Waals surface area contributed by atoms with Crippen molar-refractivity contribution < 1.29 is 87.8 Å². The molecule has 0 fully saturated rings. The van der Waals surface area contributed by atoms with Crippen molar-refractivity contribution in [3.05, 3.63) is 0 Å². The SMILES string of the molecule is CCCCCCCCOP(=O)([O-])O.[Cs+]. The van der Waals surface area contributed by atoms with Crippen LogP contribution in [0.25, 0.3) is 0 Å². The molecule has 6 heteroatoms. The molecule has 1 unspecified atom stereocenters. The summed E-state index contributed by atoms with van der Waals surface area (Å²) in [4.78, 5) is 18.4. The van der Waals surface area contributed by atoms with E-state index in [9.17, 15) is 9.46 Å². The van der Waals surface area contributed by atoms with Crippen LogP contribution in [0.15, 0.2) is 0 Å². The number of hydrogen-bond acceptors (Lipinski definition) is 3. The zero-order valence-electron chi connectivity index (χ0n) is 9.07. The Hall–Kier alpha value is 2.16. The van der Waals surface area contributed by atoms with Gasteiger partial charge in [-0.1, -0.05) is 39.0 Å². The Labute approximate surface area is 145 Å². The normalized spacial score (nSPS) is 14.5. The molecule has 0 saturated heterocycles. The molecule has 0 rings (SSSR count). The average Bonchev–Trinajstić information content (AvgIpc) is 2.01. The summed E-state index contributed by atoms with van der Waals surface area (Å²) in [6, 6.07) is 0. The second-order valence-corrected chi connectivity index (χ2v) is 4.26. The number of phosphoric ester groups is 1. The minimum atomic E-state index is -4.48. The van der Waals surface area contributed by atoms with E-state index >= 15 is 0 Å². The molecule has 0 aromatic carbocycles.